The van der Waals surface area contributed by atoms with Crippen molar-refractivity contribution in [2.45, 2.75) is 32.2 Å². The number of likely N-dealkylation sites (N-methyl/N-ethyl adjacent to an activating group) is 1. The second-order valence-corrected chi connectivity index (χ2v) is 5.81. The maximum atomic E-state index is 12.4. The quantitative estimate of drug-likeness (QED) is 0.802. The molecule has 0 aromatic heterocycles. The van der Waals surface area contributed by atoms with Crippen LogP contribution in [-0.2, 0) is 6.42 Å². The molecule has 1 aliphatic heterocycles. The van der Waals surface area contributed by atoms with Gasteiger partial charge in [0.15, 0.2) is 0 Å². The Hall–Kier alpha value is -1.39. The first kappa shape index (κ1) is 16.0. The number of carbonyl (C=O) groups excluding carboxylic acids is 1. The van der Waals surface area contributed by atoms with Crippen molar-refractivity contribution in [3.8, 4) is 0 Å². The van der Waals surface area contributed by atoms with Crippen molar-refractivity contribution in [3.05, 3.63) is 35.4 Å². The van der Waals surface area contributed by atoms with Crippen molar-refractivity contribution >= 4 is 5.91 Å². The zero-order chi connectivity index (χ0) is 15.1. The van der Waals surface area contributed by atoms with Crippen LogP contribution in [0, 0.1) is 0 Å². The van der Waals surface area contributed by atoms with E-state index in [-0.39, 0.29) is 5.91 Å². The second-order valence-electron chi connectivity index (χ2n) is 5.81. The molecule has 4 nitrogen and oxygen atoms in total. The number of carbonyl (C=O) groups is 1. The van der Waals surface area contributed by atoms with Gasteiger partial charge in [0.2, 0.25) is 0 Å². The topological polar surface area (TPSA) is 44.4 Å². The summed E-state index contributed by atoms with van der Waals surface area (Å²) >= 11 is 0. The Bertz CT molecular complexity index is 455. The third kappa shape index (κ3) is 4.55. The van der Waals surface area contributed by atoms with Crippen LogP contribution in [0.1, 0.15) is 35.7 Å². The minimum Gasteiger partial charge on any atom is -0.350 e. The molecule has 4 heteroatoms. The highest BCUT2D eigenvalue weighted by Crippen LogP contribution is 2.12. The second kappa shape index (κ2) is 8.15. The highest BCUT2D eigenvalue weighted by molar-refractivity contribution is 5.95. The molecule has 0 saturated carbocycles. The van der Waals surface area contributed by atoms with E-state index in [1.54, 1.807) is 0 Å². The maximum Gasteiger partial charge on any atom is 0.251 e. The molecule has 1 aromatic rings. The standard InChI is InChI=1S/C17H27N3O/c1-14(20-11-5-6-12-20)13-19-17(21)16-8-4-3-7-15(16)9-10-18-2/h3-4,7-8,14,18H,5-6,9-13H2,1-2H3,(H,19,21). The lowest BCUT2D eigenvalue weighted by Crippen LogP contribution is -2.40. The Morgan fingerprint density at radius 1 is 1.29 bits per heavy atom. The highest BCUT2D eigenvalue weighted by atomic mass is 16.1. The molecular formula is C17H27N3O. The van der Waals surface area contributed by atoms with Crippen LogP contribution in [0.25, 0.3) is 0 Å². The molecule has 2 rings (SSSR count). The van der Waals surface area contributed by atoms with E-state index in [2.05, 4.69) is 22.5 Å². The predicted octanol–water partition coefficient (Wildman–Crippen LogP) is 1.66. The lowest BCUT2D eigenvalue weighted by atomic mass is 10.0. The van der Waals surface area contributed by atoms with Crippen molar-refractivity contribution in [1.82, 2.24) is 15.5 Å². The number of hydrogen-bond donors (Lipinski definition) is 2. The van der Waals surface area contributed by atoms with E-state index < -0.39 is 0 Å². The molecule has 1 fully saturated rings. The number of rotatable bonds is 7. The van der Waals surface area contributed by atoms with E-state index in [4.69, 9.17) is 0 Å². The summed E-state index contributed by atoms with van der Waals surface area (Å²) in [6.45, 7) is 6.12. The molecule has 0 bridgehead atoms. The summed E-state index contributed by atoms with van der Waals surface area (Å²) in [6.07, 6.45) is 3.44. The molecule has 1 aliphatic rings. The van der Waals surface area contributed by atoms with Gasteiger partial charge in [-0.25, -0.2) is 0 Å². The molecule has 1 atom stereocenters. The molecular weight excluding hydrogens is 262 g/mol. The number of likely N-dealkylation sites (tertiary alicyclic amines) is 1. The molecule has 116 valence electrons. The van der Waals surface area contributed by atoms with Crippen molar-refractivity contribution in [3.63, 3.8) is 0 Å². The number of nitrogens with zero attached hydrogens (tertiary/aromatic N) is 1. The summed E-state index contributed by atoms with van der Waals surface area (Å²) in [5, 5.41) is 6.22. The van der Waals surface area contributed by atoms with Crippen molar-refractivity contribution in [2.75, 3.05) is 33.2 Å². The van der Waals surface area contributed by atoms with Crippen molar-refractivity contribution in [2.24, 2.45) is 0 Å². The Labute approximate surface area is 127 Å². The monoisotopic (exact) mass is 289 g/mol. The van der Waals surface area contributed by atoms with E-state index in [1.807, 2.05) is 31.3 Å². The van der Waals surface area contributed by atoms with Crippen LogP contribution >= 0.6 is 0 Å². The molecule has 1 unspecified atom stereocenters. The van der Waals surface area contributed by atoms with Crippen LogP contribution in [-0.4, -0.2) is 50.1 Å². The summed E-state index contributed by atoms with van der Waals surface area (Å²) in [5.74, 6) is 0.0488. The molecule has 21 heavy (non-hydrogen) atoms. The van der Waals surface area contributed by atoms with E-state index >= 15 is 0 Å². The summed E-state index contributed by atoms with van der Waals surface area (Å²) < 4.78 is 0. The van der Waals surface area contributed by atoms with Gasteiger partial charge in [0.1, 0.15) is 0 Å². The molecule has 0 aliphatic carbocycles. The summed E-state index contributed by atoms with van der Waals surface area (Å²) in [5.41, 5.74) is 1.92. The summed E-state index contributed by atoms with van der Waals surface area (Å²) in [4.78, 5) is 14.8. The van der Waals surface area contributed by atoms with E-state index in [1.165, 1.54) is 12.8 Å². The minimum absolute atomic E-state index is 0.0488. The van der Waals surface area contributed by atoms with Gasteiger partial charge in [0.25, 0.3) is 5.91 Å². The van der Waals surface area contributed by atoms with Gasteiger partial charge < -0.3 is 10.6 Å². The zero-order valence-electron chi connectivity index (χ0n) is 13.2. The number of benzene rings is 1. The fraction of sp³-hybridized carbons (Fsp3) is 0.588. The Kier molecular flexibility index (Phi) is 6.21. The van der Waals surface area contributed by atoms with Crippen LogP contribution in [0.5, 0.6) is 0 Å². The SMILES string of the molecule is CNCCc1ccccc1C(=O)NCC(C)N1CCCC1. The third-order valence-electron chi connectivity index (χ3n) is 4.23. The van der Waals surface area contributed by atoms with Crippen LogP contribution in [0.15, 0.2) is 24.3 Å². The smallest absolute Gasteiger partial charge is 0.251 e. The lowest BCUT2D eigenvalue weighted by Gasteiger charge is -2.24. The molecule has 1 saturated heterocycles. The first-order valence-corrected chi connectivity index (χ1v) is 7.97. The Morgan fingerprint density at radius 3 is 2.71 bits per heavy atom. The zero-order valence-corrected chi connectivity index (χ0v) is 13.2. The molecule has 0 radical (unpaired) electrons. The van der Waals surface area contributed by atoms with Gasteiger partial charge in [-0.2, -0.15) is 0 Å². The van der Waals surface area contributed by atoms with Crippen molar-refractivity contribution < 1.29 is 4.79 Å². The van der Waals surface area contributed by atoms with Gasteiger partial charge in [-0.15, -0.1) is 0 Å². The van der Waals surface area contributed by atoms with Crippen LogP contribution in [0.3, 0.4) is 0 Å². The molecule has 1 aromatic carbocycles. The Balaban J connectivity index is 1.90. The average molecular weight is 289 g/mol. The van der Waals surface area contributed by atoms with E-state index in [9.17, 15) is 4.79 Å². The van der Waals surface area contributed by atoms with Crippen molar-refractivity contribution in [1.29, 1.82) is 0 Å². The van der Waals surface area contributed by atoms with Gasteiger partial charge >= 0.3 is 0 Å². The molecule has 1 amide bonds. The fourth-order valence-corrected chi connectivity index (χ4v) is 2.87. The minimum atomic E-state index is 0.0488. The van der Waals surface area contributed by atoms with Crippen LogP contribution in [0.2, 0.25) is 0 Å². The van der Waals surface area contributed by atoms with Gasteiger partial charge in [-0.05, 0) is 64.5 Å². The number of hydrogen-bond acceptors (Lipinski definition) is 3. The predicted molar refractivity (Wildman–Crippen MR) is 86.7 cm³/mol. The van der Waals surface area contributed by atoms with Gasteiger partial charge in [-0.1, -0.05) is 18.2 Å². The Morgan fingerprint density at radius 2 is 2.00 bits per heavy atom. The number of amides is 1. The lowest BCUT2D eigenvalue weighted by molar-refractivity contribution is 0.0939. The van der Waals surface area contributed by atoms with Gasteiger partial charge in [-0.3, -0.25) is 9.69 Å². The largest absolute Gasteiger partial charge is 0.350 e. The molecule has 2 N–H and O–H groups in total. The van der Waals surface area contributed by atoms with Gasteiger partial charge in [0.05, 0.1) is 0 Å². The first-order valence-electron chi connectivity index (χ1n) is 7.97. The molecule has 0 spiro atoms. The molecule has 1 heterocycles. The fourth-order valence-electron chi connectivity index (χ4n) is 2.87. The average Bonchev–Trinajstić information content (AvgIpc) is 3.05. The number of nitrogens with one attached hydrogen (secondary N) is 2. The third-order valence-corrected chi connectivity index (χ3v) is 4.23. The summed E-state index contributed by atoms with van der Waals surface area (Å²) in [7, 11) is 1.93. The van der Waals surface area contributed by atoms with Gasteiger partial charge in [0, 0.05) is 18.2 Å². The van der Waals surface area contributed by atoms with E-state index in [0.717, 1.165) is 43.7 Å². The normalized spacial score (nSPS) is 16.9. The van der Waals surface area contributed by atoms with Crippen LogP contribution in [0.4, 0.5) is 0 Å². The first-order chi connectivity index (χ1) is 10.2. The van der Waals surface area contributed by atoms with Crippen LogP contribution < -0.4 is 10.6 Å². The van der Waals surface area contributed by atoms with E-state index in [0.29, 0.717) is 6.04 Å². The summed E-state index contributed by atoms with van der Waals surface area (Å²) in [6, 6.07) is 8.30. The maximum absolute atomic E-state index is 12.4. The highest BCUT2D eigenvalue weighted by Gasteiger charge is 2.19.